The molecule has 0 bridgehead atoms. The van der Waals surface area contributed by atoms with E-state index >= 15 is 0 Å². The first kappa shape index (κ1) is 20.8. The molecule has 0 unspecified atom stereocenters. The Bertz CT molecular complexity index is 600. The van der Waals surface area contributed by atoms with Crippen molar-refractivity contribution in [2.45, 2.75) is 31.5 Å². The van der Waals surface area contributed by atoms with Gasteiger partial charge in [0.1, 0.15) is 0 Å². The average Bonchev–Trinajstić information content (AvgIpc) is 2.93. The van der Waals surface area contributed by atoms with Crippen LogP contribution in [0.15, 0.2) is 12.1 Å². The highest BCUT2D eigenvalue weighted by atomic mass is 32.1. The summed E-state index contributed by atoms with van der Waals surface area (Å²) in [6.45, 7) is 1.49. The van der Waals surface area contributed by atoms with Crippen LogP contribution in [-0.2, 0) is 36.7 Å². The lowest BCUT2D eigenvalue weighted by molar-refractivity contribution is -0.139. The van der Waals surface area contributed by atoms with Gasteiger partial charge in [0.25, 0.3) is 0 Å². The van der Waals surface area contributed by atoms with E-state index in [1.807, 2.05) is 12.1 Å². The molecule has 1 aromatic heterocycles. The third kappa shape index (κ3) is 7.02. The number of carbonyl (C=O) groups is 2. The number of amides is 1. The Kier molecular flexibility index (Phi) is 8.49. The number of hydrogen-bond donors (Lipinski definition) is 4. The smallest absolute Gasteiger partial charge is 0.480 e. The number of hydrogen-bond acceptors (Lipinski definition) is 8. The molecule has 0 aromatic carbocycles. The van der Waals surface area contributed by atoms with Crippen LogP contribution in [0, 0.1) is 0 Å². The molecule has 2 heterocycles. The summed E-state index contributed by atoms with van der Waals surface area (Å²) in [6, 6.07) is 3.75. The van der Waals surface area contributed by atoms with Crippen molar-refractivity contribution in [3.05, 3.63) is 21.9 Å². The topological polar surface area (TPSA) is 140 Å². The summed E-state index contributed by atoms with van der Waals surface area (Å²) >= 11 is 1.47. The van der Waals surface area contributed by atoms with Gasteiger partial charge in [-0.15, -0.1) is 11.3 Å². The van der Waals surface area contributed by atoms with E-state index in [0.29, 0.717) is 19.8 Å². The molecule has 1 saturated heterocycles. The first-order valence-electron chi connectivity index (χ1n) is 8.25. The molecule has 144 valence electrons. The lowest BCUT2D eigenvalue weighted by Crippen LogP contribution is -2.50. The van der Waals surface area contributed by atoms with E-state index in [2.05, 4.69) is 5.32 Å². The summed E-state index contributed by atoms with van der Waals surface area (Å²) in [5.74, 6) is -2.08. The second kappa shape index (κ2) is 10.6. The maximum atomic E-state index is 12.2. The lowest BCUT2D eigenvalue weighted by atomic mass is 9.79. The number of aliphatic carboxylic acids is 1. The molecular formula is C15H23BN2O7S. The predicted molar refractivity (Wildman–Crippen MR) is 94.6 cm³/mol. The average molecular weight is 386 g/mol. The van der Waals surface area contributed by atoms with Gasteiger partial charge in [-0.3, -0.25) is 9.59 Å². The number of rotatable bonds is 9. The molecule has 11 heteroatoms. The Labute approximate surface area is 155 Å². The molecule has 1 aromatic rings. The van der Waals surface area contributed by atoms with Gasteiger partial charge in [0.05, 0.1) is 51.3 Å². The van der Waals surface area contributed by atoms with Crippen molar-refractivity contribution >= 4 is 30.3 Å². The van der Waals surface area contributed by atoms with Crippen molar-refractivity contribution in [3.63, 3.8) is 0 Å². The monoisotopic (exact) mass is 386 g/mol. The molecule has 2 rings (SSSR count). The summed E-state index contributed by atoms with van der Waals surface area (Å²) in [5, 5.41) is 21.5. The van der Waals surface area contributed by atoms with Gasteiger partial charge in [0.15, 0.2) is 0 Å². The molecule has 1 amide bonds. The van der Waals surface area contributed by atoms with Crippen molar-refractivity contribution in [1.82, 2.24) is 5.32 Å². The molecule has 9 nitrogen and oxygen atoms in total. The highest BCUT2D eigenvalue weighted by Crippen LogP contribution is 2.18. The Morgan fingerprint density at radius 2 is 2.15 bits per heavy atom. The standard InChI is InChI=1S/C15H23BN2O7S/c17-3-4-23-8-12-2-1-11(26-12)6-14(19)18-13-9-24-7-10(5-15(20)21)25-16(13)22/h1-2,10,13,22H,3-9,17H2,(H,18,19)(H,20,21)/t10-,13-/m0/s1. The van der Waals surface area contributed by atoms with Gasteiger partial charge in [-0.1, -0.05) is 0 Å². The zero-order valence-corrected chi connectivity index (χ0v) is 15.1. The van der Waals surface area contributed by atoms with E-state index in [1.54, 1.807) is 0 Å². The van der Waals surface area contributed by atoms with Crippen molar-refractivity contribution in [2.75, 3.05) is 26.4 Å². The second-order valence-corrected chi connectivity index (χ2v) is 7.10. The van der Waals surface area contributed by atoms with Crippen LogP contribution >= 0.6 is 11.3 Å². The SMILES string of the molecule is NCCOCc1ccc(CC(=O)N[C@H]2COC[C@H](CC(=O)O)OB2O)s1. The Hall–Kier alpha value is -1.50. The molecule has 1 aliphatic heterocycles. The van der Waals surface area contributed by atoms with Crippen LogP contribution in [0.4, 0.5) is 0 Å². The Morgan fingerprint density at radius 1 is 1.38 bits per heavy atom. The number of thiophene rings is 1. The number of ether oxygens (including phenoxy) is 2. The minimum absolute atomic E-state index is 0.0473. The van der Waals surface area contributed by atoms with Crippen molar-refractivity contribution in [2.24, 2.45) is 5.73 Å². The second-order valence-electron chi connectivity index (χ2n) is 5.84. The van der Waals surface area contributed by atoms with Gasteiger partial charge in [-0.2, -0.15) is 0 Å². The fourth-order valence-corrected chi connectivity index (χ4v) is 3.38. The summed E-state index contributed by atoms with van der Waals surface area (Å²) in [4.78, 5) is 24.8. The zero-order valence-electron chi connectivity index (χ0n) is 14.3. The highest BCUT2D eigenvalue weighted by molar-refractivity contribution is 7.12. The first-order valence-corrected chi connectivity index (χ1v) is 9.07. The van der Waals surface area contributed by atoms with E-state index < -0.39 is 25.1 Å². The van der Waals surface area contributed by atoms with E-state index in [4.69, 9.17) is 25.0 Å². The molecular weight excluding hydrogens is 363 g/mol. The van der Waals surface area contributed by atoms with Crippen molar-refractivity contribution in [1.29, 1.82) is 0 Å². The molecule has 0 spiro atoms. The van der Waals surface area contributed by atoms with E-state index in [-0.39, 0.29) is 32.0 Å². The summed E-state index contributed by atoms with van der Waals surface area (Å²) in [7, 11) is -1.32. The molecule has 0 radical (unpaired) electrons. The number of nitrogens with two attached hydrogens (primary N) is 1. The molecule has 26 heavy (non-hydrogen) atoms. The number of carboxylic acids is 1. The summed E-state index contributed by atoms with van der Waals surface area (Å²) in [6.07, 6.45) is -0.872. The lowest BCUT2D eigenvalue weighted by Gasteiger charge is -2.18. The number of nitrogens with one attached hydrogen (secondary N) is 1. The fraction of sp³-hybridized carbons (Fsp3) is 0.600. The van der Waals surface area contributed by atoms with Crippen LogP contribution in [-0.4, -0.2) is 67.5 Å². The third-order valence-electron chi connectivity index (χ3n) is 3.58. The molecule has 0 aliphatic carbocycles. The summed E-state index contributed by atoms with van der Waals surface area (Å²) < 4.78 is 15.9. The Balaban J connectivity index is 1.80. The molecule has 0 saturated carbocycles. The van der Waals surface area contributed by atoms with Crippen LogP contribution in [0.25, 0.3) is 0 Å². The van der Waals surface area contributed by atoms with E-state index in [1.165, 1.54) is 11.3 Å². The largest absolute Gasteiger partial charge is 0.481 e. The number of carboxylic acid groups (broad SMARTS) is 1. The van der Waals surface area contributed by atoms with Gasteiger partial charge in [0.2, 0.25) is 5.91 Å². The van der Waals surface area contributed by atoms with Gasteiger partial charge >= 0.3 is 13.1 Å². The van der Waals surface area contributed by atoms with Crippen LogP contribution in [0.1, 0.15) is 16.2 Å². The van der Waals surface area contributed by atoms with Crippen LogP contribution in [0.3, 0.4) is 0 Å². The highest BCUT2D eigenvalue weighted by Gasteiger charge is 2.35. The minimum Gasteiger partial charge on any atom is -0.481 e. The van der Waals surface area contributed by atoms with E-state index in [0.717, 1.165) is 9.75 Å². The van der Waals surface area contributed by atoms with Gasteiger partial charge in [-0.05, 0) is 12.1 Å². The van der Waals surface area contributed by atoms with Crippen LogP contribution < -0.4 is 11.1 Å². The van der Waals surface area contributed by atoms with Crippen LogP contribution in [0.5, 0.6) is 0 Å². The third-order valence-corrected chi connectivity index (χ3v) is 4.64. The fourth-order valence-electron chi connectivity index (χ4n) is 2.42. The van der Waals surface area contributed by atoms with E-state index in [9.17, 15) is 14.6 Å². The zero-order chi connectivity index (χ0) is 18.9. The van der Waals surface area contributed by atoms with Gasteiger partial charge in [-0.25, -0.2) is 0 Å². The molecule has 1 aliphatic rings. The van der Waals surface area contributed by atoms with Crippen molar-refractivity contribution < 1.29 is 33.8 Å². The Morgan fingerprint density at radius 3 is 2.88 bits per heavy atom. The normalized spacial score (nSPS) is 20.6. The first-order chi connectivity index (χ1) is 12.5. The maximum Gasteiger partial charge on any atom is 0.480 e. The molecule has 5 N–H and O–H groups in total. The quantitative estimate of drug-likeness (QED) is 0.318. The number of carbonyl (C=O) groups excluding carboxylic acids is 1. The minimum atomic E-state index is -1.32. The van der Waals surface area contributed by atoms with Gasteiger partial charge < -0.3 is 35.3 Å². The maximum absolute atomic E-state index is 12.2. The molecule has 2 atom stereocenters. The van der Waals surface area contributed by atoms with Crippen molar-refractivity contribution in [3.8, 4) is 0 Å². The summed E-state index contributed by atoms with van der Waals surface area (Å²) in [5.41, 5.74) is 5.36. The predicted octanol–water partition coefficient (Wildman–Crippen LogP) is -0.839. The van der Waals surface area contributed by atoms with Gasteiger partial charge in [0, 0.05) is 16.3 Å². The molecule has 1 fully saturated rings. The van der Waals surface area contributed by atoms with Crippen LogP contribution in [0.2, 0.25) is 0 Å².